The van der Waals surface area contributed by atoms with Gasteiger partial charge < -0.3 is 15.5 Å². The van der Waals surface area contributed by atoms with Crippen LogP contribution in [0.2, 0.25) is 0 Å². The number of likely N-dealkylation sites (N-methyl/N-ethyl adjacent to an activating group) is 1. The standard InChI is InChI=1S/C11H23N3O/c1-4-11(2,9-12)13(3)10(15)14-7-5-6-8-14/h4-9,12H2,1-3H3. The molecule has 0 aromatic heterocycles. The second-order valence-electron chi connectivity index (χ2n) is 4.59. The molecule has 1 aliphatic heterocycles. The van der Waals surface area contributed by atoms with E-state index < -0.39 is 0 Å². The lowest BCUT2D eigenvalue weighted by Gasteiger charge is -2.39. The summed E-state index contributed by atoms with van der Waals surface area (Å²) >= 11 is 0. The maximum atomic E-state index is 12.1. The third kappa shape index (κ3) is 2.43. The van der Waals surface area contributed by atoms with Crippen molar-refractivity contribution in [2.75, 3.05) is 26.7 Å². The molecule has 0 spiro atoms. The first-order valence-corrected chi connectivity index (χ1v) is 5.78. The molecule has 1 atom stereocenters. The minimum Gasteiger partial charge on any atom is -0.328 e. The highest BCUT2D eigenvalue weighted by molar-refractivity contribution is 5.75. The summed E-state index contributed by atoms with van der Waals surface area (Å²) in [5.74, 6) is 0. The van der Waals surface area contributed by atoms with Crippen molar-refractivity contribution in [3.05, 3.63) is 0 Å². The van der Waals surface area contributed by atoms with Gasteiger partial charge in [-0.05, 0) is 26.2 Å². The predicted octanol–water partition coefficient (Wildman–Crippen LogP) is 1.26. The van der Waals surface area contributed by atoms with Crippen LogP contribution in [0.5, 0.6) is 0 Å². The zero-order valence-electron chi connectivity index (χ0n) is 10.1. The number of rotatable bonds is 3. The Bertz CT molecular complexity index is 220. The average Bonchev–Trinajstić information content (AvgIpc) is 2.79. The number of hydrogen-bond acceptors (Lipinski definition) is 2. The Morgan fingerprint density at radius 1 is 1.47 bits per heavy atom. The Hall–Kier alpha value is -0.770. The van der Waals surface area contributed by atoms with E-state index in [1.54, 1.807) is 4.90 Å². The van der Waals surface area contributed by atoms with Crippen molar-refractivity contribution >= 4 is 6.03 Å². The van der Waals surface area contributed by atoms with Gasteiger partial charge in [0.05, 0.1) is 5.54 Å². The van der Waals surface area contributed by atoms with Crippen LogP contribution in [0.25, 0.3) is 0 Å². The molecule has 1 aliphatic rings. The van der Waals surface area contributed by atoms with Gasteiger partial charge in [-0.2, -0.15) is 0 Å². The summed E-state index contributed by atoms with van der Waals surface area (Å²) in [4.78, 5) is 15.8. The average molecular weight is 213 g/mol. The smallest absolute Gasteiger partial charge is 0.320 e. The van der Waals surface area contributed by atoms with Gasteiger partial charge in [-0.3, -0.25) is 0 Å². The molecule has 1 fully saturated rings. The number of carbonyl (C=O) groups excluding carboxylic acids is 1. The number of hydrogen-bond donors (Lipinski definition) is 1. The van der Waals surface area contributed by atoms with Crippen molar-refractivity contribution in [2.45, 2.75) is 38.6 Å². The number of urea groups is 1. The highest BCUT2D eigenvalue weighted by Gasteiger charge is 2.32. The van der Waals surface area contributed by atoms with Crippen molar-refractivity contribution in [1.82, 2.24) is 9.80 Å². The van der Waals surface area contributed by atoms with Crippen molar-refractivity contribution in [3.8, 4) is 0 Å². The highest BCUT2D eigenvalue weighted by Crippen LogP contribution is 2.19. The van der Waals surface area contributed by atoms with Gasteiger partial charge in [-0.15, -0.1) is 0 Å². The van der Waals surface area contributed by atoms with Crippen LogP contribution in [0.4, 0.5) is 4.79 Å². The van der Waals surface area contributed by atoms with E-state index in [-0.39, 0.29) is 11.6 Å². The molecule has 2 N–H and O–H groups in total. The predicted molar refractivity (Wildman–Crippen MR) is 61.7 cm³/mol. The minimum absolute atomic E-state index is 0.127. The Morgan fingerprint density at radius 2 is 2.00 bits per heavy atom. The van der Waals surface area contributed by atoms with Crippen LogP contribution in [0.15, 0.2) is 0 Å². The minimum atomic E-state index is -0.209. The molecule has 0 aromatic rings. The first-order chi connectivity index (χ1) is 7.05. The third-order valence-electron chi connectivity index (χ3n) is 3.67. The molecular weight excluding hydrogens is 190 g/mol. The molecule has 1 heterocycles. The SMILES string of the molecule is CCC(C)(CN)N(C)C(=O)N1CCCC1. The van der Waals surface area contributed by atoms with Crippen LogP contribution in [0.3, 0.4) is 0 Å². The van der Waals surface area contributed by atoms with E-state index in [1.165, 1.54) is 0 Å². The van der Waals surface area contributed by atoms with E-state index in [4.69, 9.17) is 5.73 Å². The lowest BCUT2D eigenvalue weighted by Crippen LogP contribution is -2.55. The summed E-state index contributed by atoms with van der Waals surface area (Å²) in [7, 11) is 1.86. The van der Waals surface area contributed by atoms with Crippen molar-refractivity contribution in [3.63, 3.8) is 0 Å². The Morgan fingerprint density at radius 3 is 2.40 bits per heavy atom. The Kier molecular flexibility index (Phi) is 3.97. The monoisotopic (exact) mass is 213 g/mol. The van der Waals surface area contributed by atoms with Crippen molar-refractivity contribution in [1.29, 1.82) is 0 Å². The number of nitrogens with zero attached hydrogens (tertiary/aromatic N) is 2. The highest BCUT2D eigenvalue weighted by atomic mass is 16.2. The van der Waals surface area contributed by atoms with E-state index in [0.29, 0.717) is 6.54 Å². The molecule has 4 heteroatoms. The quantitative estimate of drug-likeness (QED) is 0.767. The van der Waals surface area contributed by atoms with E-state index in [9.17, 15) is 4.79 Å². The lowest BCUT2D eigenvalue weighted by molar-refractivity contribution is 0.118. The lowest BCUT2D eigenvalue weighted by atomic mass is 9.97. The van der Waals surface area contributed by atoms with Gasteiger partial charge in [0.2, 0.25) is 0 Å². The molecule has 4 nitrogen and oxygen atoms in total. The van der Waals surface area contributed by atoms with Gasteiger partial charge in [-0.25, -0.2) is 4.79 Å². The van der Waals surface area contributed by atoms with Gasteiger partial charge in [-0.1, -0.05) is 6.92 Å². The summed E-state index contributed by atoms with van der Waals surface area (Å²) in [6, 6.07) is 0.127. The second kappa shape index (κ2) is 4.84. The molecule has 88 valence electrons. The van der Waals surface area contributed by atoms with E-state index in [0.717, 1.165) is 32.4 Å². The molecule has 15 heavy (non-hydrogen) atoms. The van der Waals surface area contributed by atoms with Crippen LogP contribution in [0, 0.1) is 0 Å². The zero-order chi connectivity index (χ0) is 11.5. The summed E-state index contributed by atoms with van der Waals surface area (Å²) in [6.45, 7) is 6.42. The van der Waals surface area contributed by atoms with Crippen LogP contribution >= 0.6 is 0 Å². The van der Waals surface area contributed by atoms with Crippen molar-refractivity contribution < 1.29 is 4.79 Å². The van der Waals surface area contributed by atoms with Gasteiger partial charge >= 0.3 is 6.03 Å². The fourth-order valence-electron chi connectivity index (χ4n) is 1.87. The van der Waals surface area contributed by atoms with Gasteiger partial charge in [0, 0.05) is 26.7 Å². The molecule has 0 aromatic carbocycles. The molecule has 0 radical (unpaired) electrons. The maximum Gasteiger partial charge on any atom is 0.320 e. The van der Waals surface area contributed by atoms with E-state index in [2.05, 4.69) is 6.92 Å². The molecular formula is C11H23N3O. The van der Waals surface area contributed by atoms with Gasteiger partial charge in [0.1, 0.15) is 0 Å². The maximum absolute atomic E-state index is 12.1. The first kappa shape index (κ1) is 12.3. The van der Waals surface area contributed by atoms with Crippen LogP contribution in [-0.2, 0) is 0 Å². The fraction of sp³-hybridized carbons (Fsp3) is 0.909. The molecule has 0 bridgehead atoms. The summed E-state index contributed by atoms with van der Waals surface area (Å²) in [6.07, 6.45) is 3.15. The topological polar surface area (TPSA) is 49.6 Å². The molecule has 2 amide bonds. The van der Waals surface area contributed by atoms with Gasteiger partial charge in [0.25, 0.3) is 0 Å². The Balaban J connectivity index is 2.65. The number of nitrogens with two attached hydrogens (primary N) is 1. The molecule has 1 rings (SSSR count). The fourth-order valence-corrected chi connectivity index (χ4v) is 1.87. The number of amides is 2. The van der Waals surface area contributed by atoms with Gasteiger partial charge in [0.15, 0.2) is 0 Å². The molecule has 0 saturated carbocycles. The zero-order valence-corrected chi connectivity index (χ0v) is 10.1. The normalized spacial score (nSPS) is 20.1. The van der Waals surface area contributed by atoms with Crippen LogP contribution < -0.4 is 5.73 Å². The molecule has 1 unspecified atom stereocenters. The third-order valence-corrected chi connectivity index (χ3v) is 3.67. The summed E-state index contributed by atoms with van der Waals surface area (Å²) < 4.78 is 0. The second-order valence-corrected chi connectivity index (χ2v) is 4.59. The van der Waals surface area contributed by atoms with E-state index >= 15 is 0 Å². The summed E-state index contributed by atoms with van der Waals surface area (Å²) in [5, 5.41) is 0. The largest absolute Gasteiger partial charge is 0.328 e. The number of carbonyl (C=O) groups is 1. The number of likely N-dealkylation sites (tertiary alicyclic amines) is 1. The first-order valence-electron chi connectivity index (χ1n) is 5.78. The molecule has 0 aliphatic carbocycles. The Labute approximate surface area is 92.4 Å². The van der Waals surface area contributed by atoms with Crippen LogP contribution in [0.1, 0.15) is 33.1 Å². The van der Waals surface area contributed by atoms with E-state index in [1.807, 2.05) is 18.9 Å². The molecule has 1 saturated heterocycles. The van der Waals surface area contributed by atoms with Crippen molar-refractivity contribution in [2.24, 2.45) is 5.73 Å². The van der Waals surface area contributed by atoms with Crippen LogP contribution in [-0.4, -0.2) is 48.1 Å². The summed E-state index contributed by atoms with van der Waals surface area (Å²) in [5.41, 5.74) is 5.53.